The summed E-state index contributed by atoms with van der Waals surface area (Å²) in [5.74, 6) is 0.215. The van der Waals surface area contributed by atoms with E-state index in [0.717, 1.165) is 0 Å². The molecule has 0 saturated carbocycles. The van der Waals surface area contributed by atoms with Crippen LogP contribution in [0.2, 0.25) is 0 Å². The maximum absolute atomic E-state index is 11.7. The van der Waals surface area contributed by atoms with Crippen molar-refractivity contribution >= 4 is 17.3 Å². The average Bonchev–Trinajstić information content (AvgIpc) is 2.41. The maximum Gasteiger partial charge on any atom is 0.262 e. The van der Waals surface area contributed by atoms with Gasteiger partial charge in [0.15, 0.2) is 6.61 Å². The van der Waals surface area contributed by atoms with Gasteiger partial charge in [-0.3, -0.25) is 9.59 Å². The van der Waals surface area contributed by atoms with Crippen molar-refractivity contribution in [2.45, 2.75) is 0 Å². The summed E-state index contributed by atoms with van der Waals surface area (Å²) in [6.07, 6.45) is 1.54. The van der Waals surface area contributed by atoms with Crippen molar-refractivity contribution in [1.29, 1.82) is 0 Å². The Morgan fingerprint density at radius 2 is 2.15 bits per heavy atom. The van der Waals surface area contributed by atoms with E-state index in [2.05, 4.69) is 5.32 Å². The normalized spacial score (nSPS) is 10.1. The van der Waals surface area contributed by atoms with Gasteiger partial charge in [0.2, 0.25) is 5.56 Å². The van der Waals surface area contributed by atoms with Crippen molar-refractivity contribution in [1.82, 2.24) is 4.57 Å². The molecule has 3 N–H and O–H groups in total. The van der Waals surface area contributed by atoms with Gasteiger partial charge in [-0.05, 0) is 18.2 Å². The SMILES string of the molecule is Cn1cc(NC(=O)COc2cccc(N)c2)ccc1=O. The summed E-state index contributed by atoms with van der Waals surface area (Å²) in [7, 11) is 1.61. The summed E-state index contributed by atoms with van der Waals surface area (Å²) in [5.41, 5.74) is 6.57. The number of aromatic nitrogens is 1. The summed E-state index contributed by atoms with van der Waals surface area (Å²) in [6, 6.07) is 9.76. The number of rotatable bonds is 4. The van der Waals surface area contributed by atoms with Crippen molar-refractivity contribution in [2.75, 3.05) is 17.7 Å². The van der Waals surface area contributed by atoms with Crippen molar-refractivity contribution in [3.63, 3.8) is 0 Å². The standard InChI is InChI=1S/C14H15N3O3/c1-17-8-11(5-6-14(17)19)16-13(18)9-20-12-4-2-3-10(15)7-12/h2-8H,9,15H2,1H3,(H,16,18). The minimum atomic E-state index is -0.314. The summed E-state index contributed by atoms with van der Waals surface area (Å²) in [6.45, 7) is -0.133. The number of anilines is 2. The van der Waals surface area contributed by atoms with Crippen LogP contribution in [0.25, 0.3) is 0 Å². The Kier molecular flexibility index (Phi) is 4.05. The zero-order valence-corrected chi connectivity index (χ0v) is 11.0. The second-order valence-corrected chi connectivity index (χ2v) is 4.28. The van der Waals surface area contributed by atoms with Crippen molar-refractivity contribution < 1.29 is 9.53 Å². The van der Waals surface area contributed by atoms with Crippen LogP contribution in [0.5, 0.6) is 5.75 Å². The number of amides is 1. The number of nitrogens with two attached hydrogens (primary N) is 1. The lowest BCUT2D eigenvalue weighted by atomic mass is 10.3. The van der Waals surface area contributed by atoms with Crippen molar-refractivity contribution in [2.24, 2.45) is 7.05 Å². The molecular weight excluding hydrogens is 258 g/mol. The second kappa shape index (κ2) is 5.92. The van der Waals surface area contributed by atoms with Gasteiger partial charge in [-0.25, -0.2) is 0 Å². The van der Waals surface area contributed by atoms with E-state index in [1.54, 1.807) is 43.6 Å². The molecule has 1 aromatic carbocycles. The van der Waals surface area contributed by atoms with Crippen molar-refractivity contribution in [3.8, 4) is 5.75 Å². The first kappa shape index (κ1) is 13.7. The fourth-order valence-corrected chi connectivity index (χ4v) is 1.62. The van der Waals surface area contributed by atoms with Crippen molar-refractivity contribution in [3.05, 3.63) is 52.9 Å². The monoisotopic (exact) mass is 273 g/mol. The number of hydrogen-bond donors (Lipinski definition) is 2. The molecule has 0 aliphatic carbocycles. The third-order valence-corrected chi connectivity index (χ3v) is 2.60. The Morgan fingerprint density at radius 3 is 2.85 bits per heavy atom. The largest absolute Gasteiger partial charge is 0.484 e. The highest BCUT2D eigenvalue weighted by Crippen LogP contribution is 2.14. The van der Waals surface area contributed by atoms with Gasteiger partial charge < -0.3 is 20.4 Å². The van der Waals surface area contributed by atoms with E-state index in [4.69, 9.17) is 10.5 Å². The number of nitrogen functional groups attached to an aromatic ring is 1. The molecule has 2 aromatic rings. The highest BCUT2D eigenvalue weighted by Gasteiger charge is 2.04. The van der Waals surface area contributed by atoms with Crippen LogP contribution in [0.15, 0.2) is 47.4 Å². The third kappa shape index (κ3) is 3.61. The topological polar surface area (TPSA) is 86.3 Å². The van der Waals surface area contributed by atoms with Crippen LogP contribution in [0, 0.1) is 0 Å². The molecule has 0 aliphatic rings. The third-order valence-electron chi connectivity index (χ3n) is 2.60. The summed E-state index contributed by atoms with van der Waals surface area (Å²) < 4.78 is 6.70. The molecule has 0 unspecified atom stereocenters. The lowest BCUT2D eigenvalue weighted by Crippen LogP contribution is -2.22. The number of pyridine rings is 1. The Balaban J connectivity index is 1.92. The number of aryl methyl sites for hydroxylation is 1. The molecule has 0 spiro atoms. The molecule has 6 nitrogen and oxygen atoms in total. The van der Waals surface area contributed by atoms with Gasteiger partial charge in [-0.1, -0.05) is 6.07 Å². The fourth-order valence-electron chi connectivity index (χ4n) is 1.62. The van der Waals surface area contributed by atoms with Gasteiger partial charge >= 0.3 is 0 Å². The quantitative estimate of drug-likeness (QED) is 0.813. The van der Waals surface area contributed by atoms with Gasteiger partial charge in [0.05, 0.1) is 5.69 Å². The Morgan fingerprint density at radius 1 is 1.35 bits per heavy atom. The predicted octanol–water partition coefficient (Wildman–Crippen LogP) is 0.985. The van der Waals surface area contributed by atoms with Gasteiger partial charge in [-0.2, -0.15) is 0 Å². The smallest absolute Gasteiger partial charge is 0.262 e. The van der Waals surface area contributed by atoms with E-state index in [0.29, 0.717) is 17.1 Å². The average molecular weight is 273 g/mol. The molecule has 6 heteroatoms. The molecule has 104 valence electrons. The minimum absolute atomic E-state index is 0.133. The molecule has 1 amide bonds. The minimum Gasteiger partial charge on any atom is -0.484 e. The first-order valence-electron chi connectivity index (χ1n) is 5.99. The van der Waals surface area contributed by atoms with E-state index in [1.165, 1.54) is 10.6 Å². The molecule has 0 bridgehead atoms. The molecular formula is C14H15N3O3. The van der Waals surface area contributed by atoms with Crippen LogP contribution in [0.3, 0.4) is 0 Å². The highest BCUT2D eigenvalue weighted by atomic mass is 16.5. The Bertz CT molecular complexity index is 679. The molecule has 20 heavy (non-hydrogen) atoms. The Labute approximate surface area is 115 Å². The molecule has 1 heterocycles. The maximum atomic E-state index is 11.7. The lowest BCUT2D eigenvalue weighted by Gasteiger charge is -2.08. The zero-order valence-electron chi connectivity index (χ0n) is 11.0. The molecule has 0 fully saturated rings. The second-order valence-electron chi connectivity index (χ2n) is 4.28. The summed E-state index contributed by atoms with van der Waals surface area (Å²) in [4.78, 5) is 22.9. The van der Waals surface area contributed by atoms with Gasteiger partial charge in [0.25, 0.3) is 5.91 Å². The Hall–Kier alpha value is -2.76. The first-order valence-corrected chi connectivity index (χ1v) is 5.99. The molecule has 0 aliphatic heterocycles. The number of carbonyl (C=O) groups is 1. The van der Waals surface area contributed by atoms with E-state index in [9.17, 15) is 9.59 Å². The van der Waals surface area contributed by atoms with Crippen LogP contribution in [-0.2, 0) is 11.8 Å². The highest BCUT2D eigenvalue weighted by molar-refractivity contribution is 5.91. The summed E-state index contributed by atoms with van der Waals surface area (Å²) >= 11 is 0. The van der Waals surface area contributed by atoms with Crippen LogP contribution in [0.1, 0.15) is 0 Å². The molecule has 0 radical (unpaired) electrons. The van der Waals surface area contributed by atoms with Gasteiger partial charge in [0, 0.05) is 31.1 Å². The number of carbonyl (C=O) groups excluding carboxylic acids is 1. The number of benzene rings is 1. The number of nitrogens with one attached hydrogen (secondary N) is 1. The number of nitrogens with zero attached hydrogens (tertiary/aromatic N) is 1. The van der Waals surface area contributed by atoms with E-state index >= 15 is 0 Å². The van der Waals surface area contributed by atoms with Crippen LogP contribution >= 0.6 is 0 Å². The fraction of sp³-hybridized carbons (Fsp3) is 0.143. The lowest BCUT2D eigenvalue weighted by molar-refractivity contribution is -0.118. The predicted molar refractivity (Wildman–Crippen MR) is 76.7 cm³/mol. The first-order chi connectivity index (χ1) is 9.54. The van der Waals surface area contributed by atoms with Gasteiger partial charge in [0.1, 0.15) is 5.75 Å². The summed E-state index contributed by atoms with van der Waals surface area (Å²) in [5, 5.41) is 2.64. The van der Waals surface area contributed by atoms with Crippen LogP contribution < -0.4 is 21.3 Å². The van der Waals surface area contributed by atoms with Crippen LogP contribution in [-0.4, -0.2) is 17.1 Å². The van der Waals surface area contributed by atoms with Crippen LogP contribution in [0.4, 0.5) is 11.4 Å². The zero-order chi connectivity index (χ0) is 14.5. The van der Waals surface area contributed by atoms with E-state index in [-0.39, 0.29) is 18.1 Å². The molecule has 0 atom stereocenters. The van der Waals surface area contributed by atoms with Gasteiger partial charge in [-0.15, -0.1) is 0 Å². The van der Waals surface area contributed by atoms with E-state index in [1.807, 2.05) is 0 Å². The molecule has 2 rings (SSSR count). The number of hydrogen-bond acceptors (Lipinski definition) is 4. The number of ether oxygens (including phenoxy) is 1. The van der Waals surface area contributed by atoms with E-state index < -0.39 is 0 Å². The molecule has 0 saturated heterocycles. The molecule has 1 aromatic heterocycles.